The molecule has 1 heterocycles. The van der Waals surface area contributed by atoms with Crippen molar-refractivity contribution in [3.8, 4) is 0 Å². The summed E-state index contributed by atoms with van der Waals surface area (Å²) < 4.78 is 9.79. The number of fused-ring (bicyclic) bond motifs is 1. The van der Waals surface area contributed by atoms with E-state index in [0.717, 1.165) is 6.42 Å². The number of rotatable bonds is 2. The normalized spacial score (nSPS) is 32.8. The summed E-state index contributed by atoms with van der Waals surface area (Å²) in [6.07, 6.45) is 3.62. The maximum atomic E-state index is 11.7. The minimum Gasteiger partial charge on any atom is -0.469 e. The van der Waals surface area contributed by atoms with Gasteiger partial charge in [-0.2, -0.15) is 0 Å². The van der Waals surface area contributed by atoms with Crippen LogP contribution in [0.1, 0.15) is 19.8 Å². The molecule has 16 heavy (non-hydrogen) atoms. The molecule has 0 bridgehead atoms. The van der Waals surface area contributed by atoms with Crippen LogP contribution in [0, 0.1) is 17.8 Å². The molecule has 3 atom stereocenters. The van der Waals surface area contributed by atoms with Crippen LogP contribution in [-0.2, 0) is 19.1 Å². The van der Waals surface area contributed by atoms with Gasteiger partial charge in [-0.3, -0.25) is 9.59 Å². The lowest BCUT2D eigenvalue weighted by Gasteiger charge is -2.27. The summed E-state index contributed by atoms with van der Waals surface area (Å²) >= 11 is 0. The summed E-state index contributed by atoms with van der Waals surface area (Å²) in [5.74, 6) is -1.19. The van der Waals surface area contributed by atoms with E-state index in [9.17, 15) is 9.59 Å². The molecule has 2 rings (SSSR count). The Morgan fingerprint density at radius 2 is 2.38 bits per heavy atom. The van der Waals surface area contributed by atoms with Crippen molar-refractivity contribution in [2.45, 2.75) is 19.8 Å². The van der Waals surface area contributed by atoms with Crippen LogP contribution < -0.4 is 0 Å². The third kappa shape index (κ3) is 1.72. The molecule has 0 saturated carbocycles. The third-order valence-corrected chi connectivity index (χ3v) is 3.47. The van der Waals surface area contributed by atoms with Crippen molar-refractivity contribution < 1.29 is 19.1 Å². The Bertz CT molecular complexity index is 345. The van der Waals surface area contributed by atoms with Crippen molar-refractivity contribution >= 4 is 11.9 Å². The molecule has 0 radical (unpaired) electrons. The maximum Gasteiger partial charge on any atom is 0.310 e. The molecule has 4 nitrogen and oxygen atoms in total. The Hall–Kier alpha value is -1.32. The molecule has 0 aromatic heterocycles. The van der Waals surface area contributed by atoms with Crippen molar-refractivity contribution in [2.75, 3.05) is 13.7 Å². The summed E-state index contributed by atoms with van der Waals surface area (Å²) in [7, 11) is 1.36. The fourth-order valence-electron chi connectivity index (χ4n) is 2.59. The van der Waals surface area contributed by atoms with Crippen LogP contribution in [-0.4, -0.2) is 25.7 Å². The molecule has 0 aromatic rings. The van der Waals surface area contributed by atoms with E-state index in [1.54, 1.807) is 0 Å². The summed E-state index contributed by atoms with van der Waals surface area (Å²) in [5.41, 5.74) is 1.22. The Kier molecular flexibility index (Phi) is 2.99. The molecule has 0 aromatic carbocycles. The number of carbonyl (C=O) groups is 2. The number of allylic oxidation sites excluding steroid dienone is 1. The first-order valence-corrected chi connectivity index (χ1v) is 5.61. The Balaban J connectivity index is 2.27. The molecule has 1 fully saturated rings. The smallest absolute Gasteiger partial charge is 0.310 e. The number of ether oxygens (including phenoxy) is 2. The Morgan fingerprint density at radius 3 is 3.00 bits per heavy atom. The lowest BCUT2D eigenvalue weighted by molar-refractivity contribution is -0.154. The van der Waals surface area contributed by atoms with Crippen molar-refractivity contribution in [3.63, 3.8) is 0 Å². The molecular weight excluding hydrogens is 208 g/mol. The highest BCUT2D eigenvalue weighted by Crippen LogP contribution is 2.40. The largest absolute Gasteiger partial charge is 0.469 e. The van der Waals surface area contributed by atoms with E-state index in [4.69, 9.17) is 9.47 Å². The monoisotopic (exact) mass is 224 g/mol. The second-order valence-electron chi connectivity index (χ2n) is 4.33. The summed E-state index contributed by atoms with van der Waals surface area (Å²) in [4.78, 5) is 23.2. The van der Waals surface area contributed by atoms with Gasteiger partial charge >= 0.3 is 11.9 Å². The molecule has 4 heteroatoms. The van der Waals surface area contributed by atoms with Gasteiger partial charge in [0, 0.05) is 5.92 Å². The number of methoxy groups -OCH3 is 1. The summed E-state index contributed by atoms with van der Waals surface area (Å²) in [6, 6.07) is 0. The zero-order valence-electron chi connectivity index (χ0n) is 9.56. The van der Waals surface area contributed by atoms with Crippen molar-refractivity contribution in [1.82, 2.24) is 0 Å². The molecule has 1 aliphatic carbocycles. The highest BCUT2D eigenvalue weighted by atomic mass is 16.5. The van der Waals surface area contributed by atoms with Crippen LogP contribution in [0.5, 0.6) is 0 Å². The topological polar surface area (TPSA) is 52.6 Å². The maximum absolute atomic E-state index is 11.7. The second kappa shape index (κ2) is 4.28. The number of hydrogen-bond donors (Lipinski definition) is 0. The molecule has 0 spiro atoms. The molecule has 0 N–H and O–H groups in total. The first-order valence-electron chi connectivity index (χ1n) is 5.61. The van der Waals surface area contributed by atoms with Crippen molar-refractivity contribution in [1.29, 1.82) is 0 Å². The van der Waals surface area contributed by atoms with Gasteiger partial charge in [0.2, 0.25) is 0 Å². The average Bonchev–Trinajstić information content (AvgIpc) is 2.69. The van der Waals surface area contributed by atoms with Gasteiger partial charge in [0.25, 0.3) is 0 Å². The SMILES string of the molecule is CCC1=C[C@@H]2COC(=O)[C@H]2[C@@H](C(=O)OC)C1. The molecule has 1 saturated heterocycles. The van der Waals surface area contributed by atoms with E-state index in [1.807, 2.05) is 0 Å². The number of hydrogen-bond acceptors (Lipinski definition) is 4. The van der Waals surface area contributed by atoms with Crippen LogP contribution in [0.15, 0.2) is 11.6 Å². The first-order chi connectivity index (χ1) is 7.67. The standard InChI is InChI=1S/C12H16O4/c1-3-7-4-8-6-16-12(14)10(8)9(5-7)11(13)15-2/h4,8-10H,3,5-6H2,1-2H3/t8-,9+,10-/m1/s1. The van der Waals surface area contributed by atoms with E-state index >= 15 is 0 Å². The average molecular weight is 224 g/mol. The second-order valence-corrected chi connectivity index (χ2v) is 4.33. The zero-order valence-corrected chi connectivity index (χ0v) is 9.56. The lowest BCUT2D eigenvalue weighted by atomic mass is 9.74. The highest BCUT2D eigenvalue weighted by Gasteiger charge is 2.47. The third-order valence-electron chi connectivity index (χ3n) is 3.47. The van der Waals surface area contributed by atoms with Crippen molar-refractivity contribution in [2.24, 2.45) is 17.8 Å². The van der Waals surface area contributed by atoms with Gasteiger partial charge in [0.15, 0.2) is 0 Å². The van der Waals surface area contributed by atoms with E-state index in [2.05, 4.69) is 13.0 Å². The number of carbonyl (C=O) groups excluding carboxylic acids is 2. The Morgan fingerprint density at radius 1 is 1.62 bits per heavy atom. The highest BCUT2D eigenvalue weighted by molar-refractivity contribution is 5.84. The number of esters is 2. The van der Waals surface area contributed by atoms with Crippen LogP contribution in [0.3, 0.4) is 0 Å². The van der Waals surface area contributed by atoms with E-state index in [1.165, 1.54) is 12.7 Å². The van der Waals surface area contributed by atoms with Gasteiger partial charge in [-0.1, -0.05) is 18.6 Å². The summed E-state index contributed by atoms with van der Waals surface area (Å²) in [5, 5.41) is 0. The fourth-order valence-corrected chi connectivity index (χ4v) is 2.59. The van der Waals surface area contributed by atoms with Gasteiger partial charge in [0.1, 0.15) is 0 Å². The predicted molar refractivity (Wildman–Crippen MR) is 56.4 cm³/mol. The van der Waals surface area contributed by atoms with Crippen LogP contribution in [0.4, 0.5) is 0 Å². The molecule has 88 valence electrons. The van der Waals surface area contributed by atoms with Crippen molar-refractivity contribution in [3.05, 3.63) is 11.6 Å². The van der Waals surface area contributed by atoms with Gasteiger partial charge in [-0.15, -0.1) is 0 Å². The minimum absolute atomic E-state index is 0.0558. The van der Waals surface area contributed by atoms with Gasteiger partial charge in [-0.05, 0) is 12.8 Å². The van der Waals surface area contributed by atoms with Gasteiger partial charge in [-0.25, -0.2) is 0 Å². The van der Waals surface area contributed by atoms with Crippen LogP contribution >= 0.6 is 0 Å². The predicted octanol–water partition coefficient (Wildman–Crippen LogP) is 1.30. The summed E-state index contributed by atoms with van der Waals surface area (Å²) in [6.45, 7) is 2.46. The fraction of sp³-hybridized carbons (Fsp3) is 0.667. The molecule has 2 aliphatic rings. The minimum atomic E-state index is -0.357. The Labute approximate surface area is 94.6 Å². The first kappa shape index (κ1) is 11.2. The van der Waals surface area contributed by atoms with E-state index in [0.29, 0.717) is 13.0 Å². The molecular formula is C12H16O4. The molecule has 1 aliphatic heterocycles. The lowest BCUT2D eigenvalue weighted by Crippen LogP contribution is -2.34. The number of cyclic esters (lactones) is 1. The van der Waals surface area contributed by atoms with Gasteiger partial charge < -0.3 is 9.47 Å². The molecule has 0 unspecified atom stereocenters. The zero-order chi connectivity index (χ0) is 11.7. The molecule has 0 amide bonds. The van der Waals surface area contributed by atoms with E-state index < -0.39 is 0 Å². The van der Waals surface area contributed by atoms with Gasteiger partial charge in [0.05, 0.1) is 25.6 Å². The van der Waals surface area contributed by atoms with E-state index in [-0.39, 0.29) is 29.7 Å². The van der Waals surface area contributed by atoms with Crippen LogP contribution in [0.2, 0.25) is 0 Å². The van der Waals surface area contributed by atoms with Crippen LogP contribution in [0.25, 0.3) is 0 Å². The quantitative estimate of drug-likeness (QED) is 0.524.